The summed E-state index contributed by atoms with van der Waals surface area (Å²) < 4.78 is 0. The molecule has 0 unspecified atom stereocenters. The summed E-state index contributed by atoms with van der Waals surface area (Å²) in [6, 6.07) is 6.73. The minimum absolute atomic E-state index is 0.109. The Bertz CT molecular complexity index is 992. The number of pyridine rings is 1. The lowest BCUT2D eigenvalue weighted by molar-refractivity contribution is 0.103. The minimum atomic E-state index is -0.254. The molecule has 27 heavy (non-hydrogen) atoms. The first-order valence-corrected chi connectivity index (χ1v) is 9.31. The predicted molar refractivity (Wildman–Crippen MR) is 103 cm³/mol. The monoisotopic (exact) mass is 364 g/mol. The van der Waals surface area contributed by atoms with Gasteiger partial charge in [0, 0.05) is 22.4 Å². The van der Waals surface area contributed by atoms with Crippen LogP contribution in [-0.2, 0) is 13.0 Å². The first kappa shape index (κ1) is 19.1. The number of H-pyrrole nitrogens is 1. The van der Waals surface area contributed by atoms with Crippen LogP contribution in [0.25, 0.3) is 0 Å². The van der Waals surface area contributed by atoms with Crippen LogP contribution in [0.2, 0.25) is 0 Å². The molecule has 2 aromatic rings. The molecule has 1 aromatic carbocycles. The lowest BCUT2D eigenvalue weighted by Crippen LogP contribution is -2.24. The van der Waals surface area contributed by atoms with Gasteiger partial charge >= 0.3 is 0 Å². The summed E-state index contributed by atoms with van der Waals surface area (Å²) in [5.74, 6) is 0.192. The van der Waals surface area contributed by atoms with Gasteiger partial charge in [-0.2, -0.15) is 5.26 Å². The Balaban J connectivity index is 2.24. The molecule has 1 heterocycles. The highest BCUT2D eigenvalue weighted by molar-refractivity contribution is 6.11. The second-order valence-electron chi connectivity index (χ2n) is 7.67. The van der Waals surface area contributed by atoms with Crippen molar-refractivity contribution in [3.8, 4) is 6.07 Å². The summed E-state index contributed by atoms with van der Waals surface area (Å²) in [5.41, 5.74) is 3.53. The fourth-order valence-corrected chi connectivity index (χ4v) is 3.58. The number of hydrogen-bond donors (Lipinski definition) is 2. The van der Waals surface area contributed by atoms with E-state index in [1.54, 1.807) is 12.1 Å². The molecule has 1 saturated carbocycles. The Morgan fingerprint density at radius 2 is 2.04 bits per heavy atom. The van der Waals surface area contributed by atoms with Crippen LogP contribution in [0.3, 0.4) is 0 Å². The average molecular weight is 364 g/mol. The highest BCUT2D eigenvalue weighted by Crippen LogP contribution is 2.36. The highest BCUT2D eigenvalue weighted by Gasteiger charge is 2.29. The quantitative estimate of drug-likeness (QED) is 0.769. The van der Waals surface area contributed by atoms with E-state index < -0.39 is 0 Å². The Morgan fingerprint density at radius 3 is 2.59 bits per heavy atom. The molecular weight excluding hydrogens is 340 g/mol. The number of nitrogens with zero attached hydrogens (tertiary/aromatic N) is 1. The maximum absolute atomic E-state index is 13.5. The number of carbonyl (C=O) groups excluding carboxylic acids is 1. The van der Waals surface area contributed by atoms with Gasteiger partial charge < -0.3 is 10.1 Å². The summed E-state index contributed by atoms with van der Waals surface area (Å²) in [6.07, 6.45) is 3.05. The molecule has 0 atom stereocenters. The fraction of sp³-hybridized carbons (Fsp3) is 0.409. The van der Waals surface area contributed by atoms with E-state index in [1.165, 1.54) is 6.07 Å². The van der Waals surface area contributed by atoms with E-state index in [2.05, 4.69) is 4.98 Å². The summed E-state index contributed by atoms with van der Waals surface area (Å²) in [7, 11) is 0. The van der Waals surface area contributed by atoms with Gasteiger partial charge in [-0.05, 0) is 67.3 Å². The Kier molecular flexibility index (Phi) is 5.29. The molecule has 1 aliphatic rings. The van der Waals surface area contributed by atoms with Gasteiger partial charge in [-0.1, -0.05) is 13.8 Å². The van der Waals surface area contributed by atoms with Gasteiger partial charge in [-0.3, -0.25) is 9.59 Å². The van der Waals surface area contributed by atoms with Crippen molar-refractivity contribution in [3.05, 3.63) is 67.6 Å². The summed E-state index contributed by atoms with van der Waals surface area (Å²) in [5, 5.41) is 18.7. The molecule has 1 aliphatic carbocycles. The van der Waals surface area contributed by atoms with Crippen LogP contribution >= 0.6 is 0 Å². The van der Waals surface area contributed by atoms with E-state index in [1.807, 2.05) is 26.8 Å². The number of nitrogens with one attached hydrogen (secondary N) is 1. The van der Waals surface area contributed by atoms with Gasteiger partial charge in [-0.25, -0.2) is 0 Å². The number of benzene rings is 1. The third-order valence-electron chi connectivity index (χ3n) is 5.13. The molecule has 0 radical (unpaired) electrons. The van der Waals surface area contributed by atoms with E-state index in [9.17, 15) is 20.0 Å². The zero-order valence-electron chi connectivity index (χ0n) is 15.9. The molecule has 0 aliphatic heterocycles. The SMILES string of the molecule is Cc1[nH]c(=O)c(C(C)C)c(C(=O)c2cc(C#N)cc(CO)c2)c1CC1CC1. The van der Waals surface area contributed by atoms with Crippen LogP contribution in [0.1, 0.15) is 76.5 Å². The van der Waals surface area contributed by atoms with Crippen LogP contribution in [0.5, 0.6) is 0 Å². The molecule has 1 aromatic heterocycles. The maximum atomic E-state index is 13.5. The van der Waals surface area contributed by atoms with Crippen molar-refractivity contribution >= 4 is 5.78 Å². The van der Waals surface area contributed by atoms with E-state index in [0.29, 0.717) is 33.7 Å². The first-order valence-electron chi connectivity index (χ1n) is 9.31. The lowest BCUT2D eigenvalue weighted by atomic mass is 9.86. The van der Waals surface area contributed by atoms with Gasteiger partial charge in [0.25, 0.3) is 5.56 Å². The number of aliphatic hydroxyl groups is 1. The van der Waals surface area contributed by atoms with Crippen molar-refractivity contribution < 1.29 is 9.90 Å². The standard InChI is InChI=1S/C22H24N2O3/c1-12(2)19-20(18(9-14-4-5-14)13(3)24-22(19)27)21(26)17-7-15(10-23)6-16(8-17)11-25/h6-8,12,14,25H,4-5,9,11H2,1-3H3,(H,24,27). The predicted octanol–water partition coefficient (Wildman–Crippen LogP) is 3.35. The molecular formula is C22H24N2O3. The van der Waals surface area contributed by atoms with Crippen molar-refractivity contribution in [2.75, 3.05) is 0 Å². The molecule has 3 rings (SSSR count). The second-order valence-corrected chi connectivity index (χ2v) is 7.67. The number of carbonyl (C=O) groups is 1. The fourth-order valence-electron chi connectivity index (χ4n) is 3.58. The minimum Gasteiger partial charge on any atom is -0.392 e. The van der Waals surface area contributed by atoms with Gasteiger partial charge in [0.05, 0.1) is 18.2 Å². The van der Waals surface area contributed by atoms with Crippen LogP contribution in [-0.4, -0.2) is 15.9 Å². The average Bonchev–Trinajstić information content (AvgIpc) is 3.46. The van der Waals surface area contributed by atoms with Gasteiger partial charge in [0.2, 0.25) is 0 Å². The molecule has 5 heteroatoms. The zero-order chi connectivity index (χ0) is 19.7. The van der Waals surface area contributed by atoms with E-state index in [-0.39, 0.29) is 23.9 Å². The van der Waals surface area contributed by atoms with Crippen molar-refractivity contribution in [1.29, 1.82) is 5.26 Å². The molecule has 0 bridgehead atoms. The molecule has 0 amide bonds. The van der Waals surface area contributed by atoms with E-state index in [4.69, 9.17) is 0 Å². The van der Waals surface area contributed by atoms with Gasteiger partial charge in [0.1, 0.15) is 0 Å². The third kappa shape index (κ3) is 3.86. The summed E-state index contributed by atoms with van der Waals surface area (Å²) >= 11 is 0. The van der Waals surface area contributed by atoms with Crippen molar-refractivity contribution in [3.63, 3.8) is 0 Å². The Morgan fingerprint density at radius 1 is 1.33 bits per heavy atom. The summed E-state index contributed by atoms with van der Waals surface area (Å²) in [4.78, 5) is 29.0. The van der Waals surface area contributed by atoms with Crippen molar-refractivity contribution in [2.45, 2.75) is 52.6 Å². The lowest BCUT2D eigenvalue weighted by Gasteiger charge is -2.18. The number of aromatic nitrogens is 1. The van der Waals surface area contributed by atoms with E-state index in [0.717, 1.165) is 30.5 Å². The topological polar surface area (TPSA) is 94.0 Å². The molecule has 5 nitrogen and oxygen atoms in total. The number of rotatable bonds is 6. The molecule has 0 spiro atoms. The van der Waals surface area contributed by atoms with Crippen LogP contribution in [0, 0.1) is 24.2 Å². The molecule has 0 saturated heterocycles. The second kappa shape index (κ2) is 7.50. The Hall–Kier alpha value is -2.71. The smallest absolute Gasteiger partial charge is 0.252 e. The molecule has 1 fully saturated rings. The normalized spacial score (nSPS) is 13.6. The number of aliphatic hydroxyl groups excluding tert-OH is 1. The van der Waals surface area contributed by atoms with Crippen LogP contribution in [0.15, 0.2) is 23.0 Å². The number of ketones is 1. The number of aromatic amines is 1. The van der Waals surface area contributed by atoms with Crippen molar-refractivity contribution in [1.82, 2.24) is 4.98 Å². The number of aryl methyl sites for hydroxylation is 1. The van der Waals surface area contributed by atoms with Crippen LogP contribution < -0.4 is 5.56 Å². The molecule has 140 valence electrons. The number of nitriles is 1. The highest BCUT2D eigenvalue weighted by atomic mass is 16.3. The zero-order valence-corrected chi connectivity index (χ0v) is 15.9. The van der Waals surface area contributed by atoms with E-state index >= 15 is 0 Å². The molecule has 2 N–H and O–H groups in total. The van der Waals surface area contributed by atoms with Crippen molar-refractivity contribution in [2.24, 2.45) is 5.92 Å². The van der Waals surface area contributed by atoms with Gasteiger partial charge in [0.15, 0.2) is 5.78 Å². The van der Waals surface area contributed by atoms with Gasteiger partial charge in [-0.15, -0.1) is 0 Å². The van der Waals surface area contributed by atoms with Crippen LogP contribution in [0.4, 0.5) is 0 Å². The summed E-state index contributed by atoms with van der Waals surface area (Å²) in [6.45, 7) is 5.39. The first-order chi connectivity index (χ1) is 12.8. The maximum Gasteiger partial charge on any atom is 0.252 e. The third-order valence-corrected chi connectivity index (χ3v) is 5.13. The number of hydrogen-bond acceptors (Lipinski definition) is 4. The largest absolute Gasteiger partial charge is 0.392 e. The Labute approximate surface area is 158 Å².